The smallest absolute Gasteiger partial charge is 0.340 e. The monoisotopic (exact) mass is 534 g/mol. The summed E-state index contributed by atoms with van der Waals surface area (Å²) < 4.78 is 12.2. The maximum Gasteiger partial charge on any atom is 0.340 e. The molecule has 1 aliphatic heterocycles. The molecule has 1 saturated heterocycles. The van der Waals surface area contributed by atoms with Crippen LogP contribution in [0.4, 0.5) is 5.69 Å². The van der Waals surface area contributed by atoms with Crippen molar-refractivity contribution < 1.29 is 14.3 Å². The van der Waals surface area contributed by atoms with Crippen LogP contribution in [0.2, 0.25) is 0 Å². The highest BCUT2D eigenvalue weighted by atomic mass is 16.6. The minimum Gasteiger partial charge on any atom is -0.461 e. The lowest BCUT2D eigenvalue weighted by atomic mass is 9.81. The normalized spacial score (nSPS) is 16.4. The van der Waals surface area contributed by atoms with Crippen LogP contribution in [-0.4, -0.2) is 56.4 Å². The van der Waals surface area contributed by atoms with Crippen LogP contribution in [0.15, 0.2) is 24.3 Å². The van der Waals surface area contributed by atoms with Gasteiger partial charge in [0, 0.05) is 41.2 Å². The number of pyridine rings is 1. The molecule has 3 heterocycles. The van der Waals surface area contributed by atoms with E-state index in [9.17, 15) is 4.79 Å². The Labute approximate surface area is 231 Å². The first-order chi connectivity index (χ1) is 18.3. The second kappa shape index (κ2) is 11.0. The van der Waals surface area contributed by atoms with Gasteiger partial charge in [-0.25, -0.2) is 4.79 Å². The fourth-order valence-electron chi connectivity index (χ4n) is 5.14. The number of aromatic nitrogens is 5. The fraction of sp³-hybridized carbons (Fsp3) is 0.567. The predicted molar refractivity (Wildman–Crippen MR) is 152 cm³/mol. The van der Waals surface area contributed by atoms with Crippen LogP contribution < -0.4 is 4.90 Å². The van der Waals surface area contributed by atoms with E-state index in [0.29, 0.717) is 5.82 Å². The van der Waals surface area contributed by atoms with E-state index in [0.717, 1.165) is 65.3 Å². The first kappa shape index (κ1) is 28.7. The van der Waals surface area contributed by atoms with Crippen LogP contribution in [0.1, 0.15) is 84.4 Å². The maximum absolute atomic E-state index is 13.6. The van der Waals surface area contributed by atoms with E-state index in [-0.39, 0.29) is 11.5 Å². The van der Waals surface area contributed by atoms with Gasteiger partial charge in [0.1, 0.15) is 0 Å². The van der Waals surface area contributed by atoms with Gasteiger partial charge in [-0.2, -0.15) is 5.21 Å². The summed E-state index contributed by atoms with van der Waals surface area (Å²) in [6.45, 7) is 19.9. The predicted octanol–water partition coefficient (Wildman–Crippen LogP) is 5.98. The van der Waals surface area contributed by atoms with Gasteiger partial charge in [-0.1, -0.05) is 32.0 Å². The summed E-state index contributed by atoms with van der Waals surface area (Å²) in [6, 6.07) is 8.06. The average molecular weight is 535 g/mol. The largest absolute Gasteiger partial charge is 0.461 e. The fourth-order valence-corrected chi connectivity index (χ4v) is 5.14. The third-order valence-corrected chi connectivity index (χ3v) is 7.07. The van der Waals surface area contributed by atoms with Crippen molar-refractivity contribution in [1.29, 1.82) is 0 Å². The Kier molecular flexibility index (Phi) is 8.12. The molecule has 9 heteroatoms. The summed E-state index contributed by atoms with van der Waals surface area (Å²) in [7, 11) is 0. The molecule has 0 radical (unpaired) electrons. The standard InChI is InChI=1S/C30H42N6O3/c1-18(2)38-28(37)26(39-29(5,6)7)24-20(4)31-19(3)23(25(24)36-15-13-30(8,9)14-16-36)21-11-10-12-22(17-21)27-32-34-35-33-27/h10-12,17-18,26H,13-16H2,1-9H3,(H,32,33,34,35)/t26-/m0/s1. The quantitative estimate of drug-likeness (QED) is 0.369. The van der Waals surface area contributed by atoms with E-state index in [2.05, 4.69) is 51.5 Å². The number of nitrogens with zero attached hydrogens (tertiary/aromatic N) is 5. The molecule has 3 aromatic rings. The maximum atomic E-state index is 13.6. The minimum atomic E-state index is -0.926. The van der Waals surface area contributed by atoms with E-state index in [1.165, 1.54) is 0 Å². The summed E-state index contributed by atoms with van der Waals surface area (Å²) >= 11 is 0. The Morgan fingerprint density at radius 1 is 1.08 bits per heavy atom. The van der Waals surface area contributed by atoms with E-state index >= 15 is 0 Å². The number of anilines is 1. The Balaban J connectivity index is 1.98. The van der Waals surface area contributed by atoms with Gasteiger partial charge in [0.2, 0.25) is 5.82 Å². The topological polar surface area (TPSA) is 106 Å². The molecule has 1 aromatic carbocycles. The van der Waals surface area contributed by atoms with Crippen LogP contribution in [0.5, 0.6) is 0 Å². The summed E-state index contributed by atoms with van der Waals surface area (Å²) in [4.78, 5) is 21.0. The molecule has 4 rings (SSSR count). The molecule has 2 aromatic heterocycles. The van der Waals surface area contributed by atoms with Gasteiger partial charge >= 0.3 is 5.97 Å². The Hall–Kier alpha value is -3.33. The molecular weight excluding hydrogens is 492 g/mol. The van der Waals surface area contributed by atoms with Gasteiger partial charge in [0.05, 0.1) is 17.4 Å². The number of nitrogens with one attached hydrogen (secondary N) is 1. The Morgan fingerprint density at radius 2 is 1.74 bits per heavy atom. The zero-order valence-corrected chi connectivity index (χ0v) is 24.8. The number of tetrazole rings is 1. The molecule has 0 amide bonds. The number of esters is 1. The molecule has 0 aliphatic carbocycles. The molecule has 0 unspecified atom stereocenters. The number of piperidine rings is 1. The number of hydrogen-bond acceptors (Lipinski definition) is 8. The van der Waals surface area contributed by atoms with Crippen molar-refractivity contribution in [3.05, 3.63) is 41.2 Å². The van der Waals surface area contributed by atoms with Crippen molar-refractivity contribution in [3.8, 4) is 22.5 Å². The van der Waals surface area contributed by atoms with Crippen molar-refractivity contribution in [2.45, 2.75) is 93.0 Å². The molecule has 39 heavy (non-hydrogen) atoms. The summed E-state index contributed by atoms with van der Waals surface area (Å²) in [6.07, 6.45) is 0.879. The summed E-state index contributed by atoms with van der Waals surface area (Å²) in [5.41, 5.74) is 5.85. The highest BCUT2D eigenvalue weighted by Gasteiger charge is 2.37. The number of benzene rings is 1. The lowest BCUT2D eigenvalue weighted by Gasteiger charge is -2.41. The molecule has 1 aliphatic rings. The lowest BCUT2D eigenvalue weighted by Crippen LogP contribution is -2.39. The Bertz CT molecular complexity index is 1300. The van der Waals surface area contributed by atoms with Crippen LogP contribution >= 0.6 is 0 Å². The highest BCUT2D eigenvalue weighted by Crippen LogP contribution is 2.45. The molecule has 0 saturated carbocycles. The van der Waals surface area contributed by atoms with Gasteiger partial charge in [0.15, 0.2) is 6.10 Å². The van der Waals surface area contributed by atoms with E-state index in [1.807, 2.05) is 60.6 Å². The van der Waals surface area contributed by atoms with Gasteiger partial charge in [-0.15, -0.1) is 10.2 Å². The molecule has 1 N–H and O–H groups in total. The minimum absolute atomic E-state index is 0.254. The summed E-state index contributed by atoms with van der Waals surface area (Å²) in [5.74, 6) is 0.115. The molecule has 0 bridgehead atoms. The second-order valence-electron chi connectivity index (χ2n) is 12.5. The summed E-state index contributed by atoms with van der Waals surface area (Å²) in [5, 5.41) is 14.6. The Morgan fingerprint density at radius 3 is 2.33 bits per heavy atom. The van der Waals surface area contributed by atoms with Crippen LogP contribution in [-0.2, 0) is 14.3 Å². The third-order valence-electron chi connectivity index (χ3n) is 7.07. The van der Waals surface area contributed by atoms with Crippen molar-refractivity contribution in [2.24, 2.45) is 5.41 Å². The average Bonchev–Trinajstić information content (AvgIpc) is 3.37. The lowest BCUT2D eigenvalue weighted by molar-refractivity contribution is -0.171. The first-order valence-electron chi connectivity index (χ1n) is 13.7. The van der Waals surface area contributed by atoms with Crippen molar-refractivity contribution in [2.75, 3.05) is 18.0 Å². The zero-order chi connectivity index (χ0) is 28.5. The number of rotatable bonds is 7. The van der Waals surface area contributed by atoms with Gasteiger partial charge in [0.25, 0.3) is 0 Å². The SMILES string of the molecule is Cc1nc(C)c([C@H](OC(C)(C)C)C(=O)OC(C)C)c(N2CCC(C)(C)CC2)c1-c1cccc(-c2nn[nH]n2)c1. The number of aromatic amines is 1. The van der Waals surface area contributed by atoms with E-state index in [1.54, 1.807) is 0 Å². The van der Waals surface area contributed by atoms with Crippen LogP contribution in [0.3, 0.4) is 0 Å². The highest BCUT2D eigenvalue weighted by molar-refractivity contribution is 5.89. The second-order valence-corrected chi connectivity index (χ2v) is 12.5. The number of carbonyl (C=O) groups is 1. The molecule has 0 spiro atoms. The first-order valence-corrected chi connectivity index (χ1v) is 13.7. The number of hydrogen-bond donors (Lipinski definition) is 1. The number of carbonyl (C=O) groups excluding carboxylic acids is 1. The third kappa shape index (κ3) is 6.64. The number of H-pyrrole nitrogens is 1. The van der Waals surface area contributed by atoms with Gasteiger partial charge in [-0.05, 0) is 83.6 Å². The number of ether oxygens (including phenoxy) is 2. The van der Waals surface area contributed by atoms with Gasteiger partial charge in [-0.3, -0.25) is 4.98 Å². The van der Waals surface area contributed by atoms with Crippen LogP contribution in [0.25, 0.3) is 22.5 Å². The van der Waals surface area contributed by atoms with E-state index < -0.39 is 17.7 Å². The van der Waals surface area contributed by atoms with Crippen molar-refractivity contribution in [1.82, 2.24) is 25.6 Å². The number of aryl methyl sites for hydroxylation is 2. The van der Waals surface area contributed by atoms with E-state index in [4.69, 9.17) is 14.5 Å². The molecule has 9 nitrogen and oxygen atoms in total. The molecule has 1 atom stereocenters. The van der Waals surface area contributed by atoms with Crippen molar-refractivity contribution >= 4 is 11.7 Å². The zero-order valence-electron chi connectivity index (χ0n) is 24.8. The molecular formula is C30H42N6O3. The van der Waals surface area contributed by atoms with Crippen LogP contribution in [0, 0.1) is 19.3 Å². The van der Waals surface area contributed by atoms with Crippen molar-refractivity contribution in [3.63, 3.8) is 0 Å². The molecule has 1 fully saturated rings. The molecule has 210 valence electrons. The van der Waals surface area contributed by atoms with Gasteiger partial charge < -0.3 is 14.4 Å².